The van der Waals surface area contributed by atoms with Crippen molar-refractivity contribution in [2.45, 2.75) is 56.2 Å². The summed E-state index contributed by atoms with van der Waals surface area (Å²) < 4.78 is 38.4. The Morgan fingerprint density at radius 3 is 2.53 bits per heavy atom. The van der Waals surface area contributed by atoms with Gasteiger partial charge in [0.15, 0.2) is 9.84 Å². The molecule has 0 amide bonds. The van der Waals surface area contributed by atoms with Crippen molar-refractivity contribution in [1.82, 2.24) is 0 Å². The number of fused-ring (bicyclic) bond motifs is 1. The molecule has 1 aliphatic rings. The van der Waals surface area contributed by atoms with Gasteiger partial charge in [-0.2, -0.15) is 0 Å². The molecule has 0 bridgehead atoms. The number of thioether (sulfide) groups is 1. The predicted octanol–water partition coefficient (Wildman–Crippen LogP) is 5.96. The van der Waals surface area contributed by atoms with E-state index in [-0.39, 0.29) is 17.3 Å². The van der Waals surface area contributed by atoms with E-state index in [1.165, 1.54) is 24.1 Å². The molecule has 0 aliphatic carbocycles. The lowest BCUT2D eigenvalue weighted by atomic mass is 9.81. The number of esters is 1. The molecule has 2 aromatic rings. The van der Waals surface area contributed by atoms with Crippen molar-refractivity contribution in [1.29, 1.82) is 0 Å². The van der Waals surface area contributed by atoms with E-state index in [1.807, 2.05) is 36.6 Å². The fraction of sp³-hybridized carbons (Fsp3) is 0.444. The van der Waals surface area contributed by atoms with Crippen molar-refractivity contribution in [2.75, 3.05) is 35.8 Å². The molecule has 0 fully saturated rings. The lowest BCUT2D eigenvalue weighted by Gasteiger charge is -2.36. The van der Waals surface area contributed by atoms with Gasteiger partial charge in [-0.25, -0.2) is 13.2 Å². The first kappa shape index (κ1) is 27.9. The summed E-state index contributed by atoms with van der Waals surface area (Å²) in [5.41, 5.74) is 7.71. The van der Waals surface area contributed by atoms with Crippen LogP contribution in [0, 0.1) is 5.41 Å². The van der Waals surface area contributed by atoms with E-state index >= 15 is 0 Å². The fourth-order valence-electron chi connectivity index (χ4n) is 4.52. The molecule has 0 saturated carbocycles. The Morgan fingerprint density at radius 1 is 1.19 bits per heavy atom. The molecule has 0 radical (unpaired) electrons. The Kier molecular flexibility index (Phi) is 9.35. The second-order valence-corrected chi connectivity index (χ2v) is 11.8. The summed E-state index contributed by atoms with van der Waals surface area (Å²) in [7, 11) is -3.65. The van der Waals surface area contributed by atoms with Gasteiger partial charge >= 0.3 is 5.97 Å². The summed E-state index contributed by atoms with van der Waals surface area (Å²) in [5, 5.41) is 0. The molecule has 0 saturated heterocycles. The van der Waals surface area contributed by atoms with Crippen LogP contribution in [0.4, 0.5) is 17.1 Å². The number of unbranched alkanes of at least 4 members (excludes halogenated alkanes) is 1. The number of benzene rings is 2. The molecule has 7 nitrogen and oxygen atoms in total. The molecule has 1 atom stereocenters. The van der Waals surface area contributed by atoms with Gasteiger partial charge in [-0.3, -0.25) is 0 Å². The molecule has 9 heteroatoms. The normalized spacial score (nSPS) is 19.1. The van der Waals surface area contributed by atoms with Crippen molar-refractivity contribution in [3.05, 3.63) is 48.7 Å². The Labute approximate surface area is 219 Å². The maximum atomic E-state index is 13.9. The van der Waals surface area contributed by atoms with Crippen LogP contribution in [-0.4, -0.2) is 39.5 Å². The largest absolute Gasteiger partial charge is 0.464 e. The van der Waals surface area contributed by atoms with Gasteiger partial charge in [0.1, 0.15) is 5.75 Å². The molecule has 36 heavy (non-hydrogen) atoms. The minimum Gasteiger partial charge on any atom is -0.464 e. The molecule has 1 heterocycles. The van der Waals surface area contributed by atoms with Crippen LogP contribution in [0.25, 0.3) is 0 Å². The van der Waals surface area contributed by atoms with Gasteiger partial charge in [-0.15, -0.1) is 11.8 Å². The smallest absolute Gasteiger partial charge is 0.333 e. The zero-order chi connectivity index (χ0) is 26.3. The third-order valence-corrected chi connectivity index (χ3v) is 9.31. The zero-order valence-electron chi connectivity index (χ0n) is 21.5. The number of anilines is 3. The van der Waals surface area contributed by atoms with Gasteiger partial charge < -0.3 is 20.1 Å². The minimum atomic E-state index is -3.65. The molecule has 2 aromatic carbocycles. The number of hydrogen-bond acceptors (Lipinski definition) is 8. The summed E-state index contributed by atoms with van der Waals surface area (Å²) >= 11 is 1.45. The number of carbonyl (C=O) groups is 1. The van der Waals surface area contributed by atoms with Crippen molar-refractivity contribution in [3.63, 3.8) is 0 Å². The summed E-state index contributed by atoms with van der Waals surface area (Å²) in [4.78, 5) is 14.8. The van der Waals surface area contributed by atoms with Gasteiger partial charge in [0.2, 0.25) is 0 Å². The predicted molar refractivity (Wildman–Crippen MR) is 147 cm³/mol. The summed E-state index contributed by atoms with van der Waals surface area (Å²) in [5.74, 6) is -0.0879. The molecule has 1 aliphatic heterocycles. The average molecular weight is 533 g/mol. The van der Waals surface area contributed by atoms with Crippen molar-refractivity contribution < 1.29 is 22.7 Å². The second kappa shape index (κ2) is 12.1. The molecule has 3 rings (SSSR count). The van der Waals surface area contributed by atoms with E-state index in [2.05, 4.69) is 18.7 Å². The third kappa shape index (κ3) is 6.37. The third-order valence-electron chi connectivity index (χ3n) is 6.56. The number of nitrogen functional groups attached to an aromatic ring is 1. The van der Waals surface area contributed by atoms with Crippen LogP contribution in [0.15, 0.2) is 58.5 Å². The number of sulfone groups is 1. The van der Waals surface area contributed by atoms with E-state index in [9.17, 15) is 13.2 Å². The van der Waals surface area contributed by atoms with Crippen LogP contribution in [0.5, 0.6) is 5.75 Å². The number of carbonyl (C=O) groups excluding carboxylic acids is 1. The Bertz CT molecular complexity index is 1200. The maximum Gasteiger partial charge on any atom is 0.333 e. The first-order chi connectivity index (χ1) is 17.2. The van der Waals surface area contributed by atoms with E-state index < -0.39 is 21.2 Å². The fourth-order valence-corrected chi connectivity index (χ4v) is 7.23. The van der Waals surface area contributed by atoms with Crippen LogP contribution < -0.4 is 15.4 Å². The summed E-state index contributed by atoms with van der Waals surface area (Å²) in [6.07, 6.45) is 7.84. The minimum absolute atomic E-state index is 0.0612. The van der Waals surface area contributed by atoms with E-state index in [0.717, 1.165) is 36.3 Å². The van der Waals surface area contributed by atoms with E-state index in [1.54, 1.807) is 13.0 Å². The Morgan fingerprint density at radius 2 is 1.92 bits per heavy atom. The Balaban J connectivity index is 2.17. The van der Waals surface area contributed by atoms with Crippen LogP contribution in [-0.2, 0) is 19.4 Å². The lowest BCUT2D eigenvalue weighted by Crippen LogP contribution is -2.37. The molecule has 0 aromatic heterocycles. The highest BCUT2D eigenvalue weighted by molar-refractivity contribution is 7.98. The molecule has 196 valence electrons. The van der Waals surface area contributed by atoms with Crippen LogP contribution in [0.3, 0.4) is 0 Å². The van der Waals surface area contributed by atoms with Gasteiger partial charge in [-0.05, 0) is 56.4 Å². The highest BCUT2D eigenvalue weighted by Gasteiger charge is 2.42. The number of nitrogens with zero attached hydrogens (tertiary/aromatic N) is 1. The number of nitrogens with two attached hydrogens (primary N) is 1. The topological polar surface area (TPSA) is 98.9 Å². The van der Waals surface area contributed by atoms with Gasteiger partial charge in [-0.1, -0.05) is 26.7 Å². The van der Waals surface area contributed by atoms with Gasteiger partial charge in [0.25, 0.3) is 0 Å². The van der Waals surface area contributed by atoms with Gasteiger partial charge in [0.05, 0.1) is 40.2 Å². The average Bonchev–Trinajstić information content (AvgIpc) is 2.95. The van der Waals surface area contributed by atoms with Crippen LogP contribution in [0.1, 0.15) is 46.5 Å². The standard InChI is InChI=1S/C27H36N2O5S2/c1-5-8-14-27(6-2)18-29(21-11-9-20(28)10-12-21)22-16-24(35-4)23(17-25(22)36(31,32)19-27)34-15-13-26(30)33-7-3/h9-13,15-17H,5-8,14,18-19,28H2,1-4H3/b15-13+. The Hall–Kier alpha value is -2.65. The first-order valence-corrected chi connectivity index (χ1v) is 15.1. The second-order valence-electron chi connectivity index (χ2n) is 9.04. The van der Waals surface area contributed by atoms with Crippen molar-refractivity contribution in [2.24, 2.45) is 5.41 Å². The molecular formula is C27H36N2O5S2. The highest BCUT2D eigenvalue weighted by Crippen LogP contribution is 2.47. The number of hydrogen-bond donors (Lipinski definition) is 1. The lowest BCUT2D eigenvalue weighted by molar-refractivity contribution is -0.137. The molecular weight excluding hydrogens is 496 g/mol. The first-order valence-electron chi connectivity index (χ1n) is 12.3. The van der Waals surface area contributed by atoms with E-state index in [4.69, 9.17) is 15.2 Å². The van der Waals surface area contributed by atoms with Crippen molar-refractivity contribution in [3.8, 4) is 5.75 Å². The number of rotatable bonds is 10. The van der Waals surface area contributed by atoms with E-state index in [0.29, 0.717) is 23.7 Å². The zero-order valence-corrected chi connectivity index (χ0v) is 23.1. The van der Waals surface area contributed by atoms with Crippen molar-refractivity contribution >= 4 is 44.6 Å². The molecule has 2 N–H and O–H groups in total. The monoisotopic (exact) mass is 532 g/mol. The summed E-state index contributed by atoms with van der Waals surface area (Å²) in [6, 6.07) is 11.0. The van der Waals surface area contributed by atoms with Gasteiger partial charge in [0, 0.05) is 29.4 Å². The highest BCUT2D eigenvalue weighted by atomic mass is 32.2. The maximum absolute atomic E-state index is 13.9. The SMILES string of the molecule is CCCCC1(CC)CN(c2ccc(N)cc2)c2cc(SC)c(O/C=C/C(=O)OCC)cc2S(=O)(=O)C1. The quantitative estimate of drug-likeness (QED) is 0.132. The molecule has 1 unspecified atom stereocenters. The summed E-state index contributed by atoms with van der Waals surface area (Å²) in [6.45, 7) is 6.76. The molecule has 0 spiro atoms. The number of ether oxygens (including phenoxy) is 2. The van der Waals surface area contributed by atoms with Crippen LogP contribution >= 0.6 is 11.8 Å². The van der Waals surface area contributed by atoms with Crippen LogP contribution in [0.2, 0.25) is 0 Å².